The van der Waals surface area contributed by atoms with E-state index in [0.717, 1.165) is 24.3 Å². The van der Waals surface area contributed by atoms with Crippen LogP contribution in [0.3, 0.4) is 0 Å². The summed E-state index contributed by atoms with van der Waals surface area (Å²) in [7, 11) is 1.63. The molecular weight excluding hydrogens is 432 g/mol. The van der Waals surface area contributed by atoms with Crippen molar-refractivity contribution in [1.29, 1.82) is 0 Å². The Morgan fingerprint density at radius 1 is 1.19 bits per heavy atom. The molecule has 4 rings (SSSR count). The molecule has 166 valence electrons. The summed E-state index contributed by atoms with van der Waals surface area (Å²) in [5.74, 6) is -1.48. The topological polar surface area (TPSA) is 85.2 Å². The van der Waals surface area contributed by atoms with Crippen molar-refractivity contribution in [2.24, 2.45) is 7.05 Å². The molecule has 0 aliphatic carbocycles. The number of nitrogens with zero attached hydrogens (tertiary/aromatic N) is 2. The van der Waals surface area contributed by atoms with Crippen molar-refractivity contribution >= 4 is 17.7 Å². The van der Waals surface area contributed by atoms with E-state index in [1.807, 2.05) is 0 Å². The van der Waals surface area contributed by atoms with E-state index < -0.39 is 36.1 Å². The maximum atomic E-state index is 14.4. The van der Waals surface area contributed by atoms with E-state index in [0.29, 0.717) is 11.3 Å². The van der Waals surface area contributed by atoms with Gasteiger partial charge < -0.3 is 10.1 Å². The summed E-state index contributed by atoms with van der Waals surface area (Å²) in [5, 5.41) is 8.43. The third kappa shape index (κ3) is 3.66. The number of benzene rings is 2. The number of ether oxygens (including phenoxy) is 1. The van der Waals surface area contributed by atoms with Crippen molar-refractivity contribution in [2.45, 2.75) is 11.8 Å². The van der Waals surface area contributed by atoms with Gasteiger partial charge in [-0.05, 0) is 42.5 Å². The van der Waals surface area contributed by atoms with Crippen molar-refractivity contribution in [3.63, 3.8) is 0 Å². The predicted octanol–water partition coefficient (Wildman–Crippen LogP) is 3.98. The number of nitrogens with one attached hydrogen (secondary N) is 2. The second kappa shape index (κ2) is 7.66. The van der Waals surface area contributed by atoms with E-state index in [-0.39, 0.29) is 16.8 Å². The van der Waals surface area contributed by atoms with Gasteiger partial charge in [-0.15, -0.1) is 0 Å². The van der Waals surface area contributed by atoms with Gasteiger partial charge in [0.2, 0.25) is 0 Å². The lowest BCUT2D eigenvalue weighted by Gasteiger charge is -2.39. The average molecular weight is 448 g/mol. The molecule has 7 nitrogen and oxygen atoms in total. The van der Waals surface area contributed by atoms with Crippen LogP contribution in [0.4, 0.5) is 28.0 Å². The number of carbonyl (C=O) groups is 2. The number of alkyl halides is 3. The normalized spacial score (nSPS) is 17.8. The fraction of sp³-hybridized carbons (Fsp3) is 0.190. The van der Waals surface area contributed by atoms with Gasteiger partial charge in [-0.3, -0.25) is 14.8 Å². The lowest BCUT2D eigenvalue weighted by atomic mass is 9.88. The van der Waals surface area contributed by atoms with Gasteiger partial charge in [-0.2, -0.15) is 18.3 Å². The van der Waals surface area contributed by atoms with Gasteiger partial charge in [-0.25, -0.2) is 9.18 Å². The van der Waals surface area contributed by atoms with Gasteiger partial charge in [0.15, 0.2) is 0 Å². The fourth-order valence-electron chi connectivity index (χ4n) is 3.50. The van der Waals surface area contributed by atoms with E-state index in [9.17, 15) is 27.2 Å². The molecule has 1 aliphatic heterocycles. The van der Waals surface area contributed by atoms with E-state index in [2.05, 4.69) is 15.7 Å². The maximum absolute atomic E-state index is 14.4. The second-order valence-corrected chi connectivity index (χ2v) is 7.13. The summed E-state index contributed by atoms with van der Waals surface area (Å²) >= 11 is 0. The minimum absolute atomic E-state index is 0.0483. The Hall–Kier alpha value is -3.89. The summed E-state index contributed by atoms with van der Waals surface area (Å²) in [6, 6.07) is 10.0. The van der Waals surface area contributed by atoms with Gasteiger partial charge in [0.05, 0.1) is 17.9 Å². The summed E-state index contributed by atoms with van der Waals surface area (Å²) in [5.41, 5.74) is -2.72. The number of hydrogen-bond donors (Lipinski definition) is 2. The van der Waals surface area contributed by atoms with Crippen LogP contribution in [0.2, 0.25) is 0 Å². The number of anilines is 1. The van der Waals surface area contributed by atoms with Crippen LogP contribution in [-0.2, 0) is 17.4 Å². The Labute approximate surface area is 179 Å². The van der Waals surface area contributed by atoms with Gasteiger partial charge in [0, 0.05) is 29.9 Å². The first-order valence-electron chi connectivity index (χ1n) is 9.34. The first-order valence-corrected chi connectivity index (χ1v) is 9.34. The number of carbonyl (C=O) groups excluding carboxylic acids is 2. The maximum Gasteiger partial charge on any atom is 0.434 e. The molecule has 11 heteroatoms. The van der Waals surface area contributed by atoms with Gasteiger partial charge in [0.1, 0.15) is 5.82 Å². The average Bonchev–Trinajstić information content (AvgIpc) is 3.17. The Morgan fingerprint density at radius 3 is 2.53 bits per heavy atom. The monoisotopic (exact) mass is 448 g/mol. The SMILES string of the molecule is Cn1nccc1-c1ccc2c(c1)C(CNC(=O)c1ccc(F)cc1)(C(F)(F)F)OC(=O)N2. The van der Waals surface area contributed by atoms with Crippen molar-refractivity contribution in [2.75, 3.05) is 11.9 Å². The molecule has 0 saturated carbocycles. The molecule has 0 fully saturated rings. The minimum Gasteiger partial charge on any atom is -0.426 e. The highest BCUT2D eigenvalue weighted by atomic mass is 19.4. The molecule has 1 unspecified atom stereocenters. The largest absolute Gasteiger partial charge is 0.434 e. The standard InChI is InChI=1S/C21H16F4N4O3/c1-29-17(8-9-27-29)13-4-7-16-15(10-13)20(21(23,24)25,32-19(31)28-16)11-26-18(30)12-2-5-14(22)6-3-12/h2-10H,11H2,1H3,(H,26,30)(H,28,31). The highest BCUT2D eigenvalue weighted by Gasteiger charge is 2.62. The first-order chi connectivity index (χ1) is 15.1. The summed E-state index contributed by atoms with van der Waals surface area (Å²) < 4.78 is 62.5. The van der Waals surface area contributed by atoms with Crippen LogP contribution in [0.15, 0.2) is 54.7 Å². The van der Waals surface area contributed by atoms with Gasteiger partial charge in [-0.1, -0.05) is 6.07 Å². The van der Waals surface area contributed by atoms with Crippen LogP contribution in [0.5, 0.6) is 0 Å². The number of fused-ring (bicyclic) bond motifs is 1. The minimum atomic E-state index is -5.07. The zero-order chi connectivity index (χ0) is 23.1. The Morgan fingerprint density at radius 2 is 1.91 bits per heavy atom. The number of amides is 2. The third-order valence-electron chi connectivity index (χ3n) is 5.14. The van der Waals surface area contributed by atoms with Gasteiger partial charge >= 0.3 is 12.3 Å². The van der Waals surface area contributed by atoms with Crippen molar-refractivity contribution in [3.8, 4) is 11.3 Å². The van der Waals surface area contributed by atoms with Gasteiger partial charge in [0.25, 0.3) is 11.5 Å². The van der Waals surface area contributed by atoms with E-state index in [4.69, 9.17) is 4.74 Å². The van der Waals surface area contributed by atoms with Crippen LogP contribution in [0.1, 0.15) is 15.9 Å². The highest BCUT2D eigenvalue weighted by Crippen LogP contribution is 2.48. The molecule has 0 bridgehead atoms. The molecule has 2 aromatic carbocycles. The molecule has 1 aliphatic rings. The lowest BCUT2D eigenvalue weighted by molar-refractivity contribution is -0.261. The van der Waals surface area contributed by atoms with Crippen LogP contribution in [-0.4, -0.2) is 34.5 Å². The zero-order valence-corrected chi connectivity index (χ0v) is 16.5. The Bertz CT molecular complexity index is 1190. The molecule has 0 radical (unpaired) electrons. The van der Waals surface area contributed by atoms with E-state index in [1.165, 1.54) is 23.0 Å². The Kier molecular flexibility index (Phi) is 5.11. The summed E-state index contributed by atoms with van der Waals surface area (Å²) in [4.78, 5) is 24.4. The molecule has 2 amide bonds. The lowest BCUT2D eigenvalue weighted by Crippen LogP contribution is -2.56. The van der Waals surface area contributed by atoms with Crippen molar-refractivity contribution in [1.82, 2.24) is 15.1 Å². The smallest absolute Gasteiger partial charge is 0.426 e. The fourth-order valence-corrected chi connectivity index (χ4v) is 3.50. The second-order valence-electron chi connectivity index (χ2n) is 7.13. The number of aryl methyl sites for hydroxylation is 1. The Balaban J connectivity index is 1.76. The number of cyclic esters (lactones) is 1. The molecular formula is C21H16F4N4O3. The van der Waals surface area contributed by atoms with Crippen LogP contribution < -0.4 is 10.6 Å². The molecule has 0 spiro atoms. The highest BCUT2D eigenvalue weighted by molar-refractivity contribution is 5.94. The predicted molar refractivity (Wildman–Crippen MR) is 105 cm³/mol. The number of rotatable bonds is 4. The third-order valence-corrected chi connectivity index (χ3v) is 5.14. The molecule has 2 N–H and O–H groups in total. The van der Waals surface area contributed by atoms with Crippen LogP contribution >= 0.6 is 0 Å². The summed E-state index contributed by atoms with van der Waals surface area (Å²) in [6.45, 7) is -1.08. The molecule has 2 heterocycles. The van der Waals surface area contributed by atoms with Crippen molar-refractivity contribution in [3.05, 3.63) is 71.7 Å². The molecule has 0 saturated heterocycles. The zero-order valence-electron chi connectivity index (χ0n) is 16.5. The van der Waals surface area contributed by atoms with E-state index in [1.54, 1.807) is 19.2 Å². The number of halogens is 4. The summed E-state index contributed by atoms with van der Waals surface area (Å²) in [6.07, 6.45) is -4.88. The molecule has 1 atom stereocenters. The molecule has 1 aromatic heterocycles. The number of hydrogen-bond acceptors (Lipinski definition) is 4. The van der Waals surface area contributed by atoms with Crippen molar-refractivity contribution < 1.29 is 31.9 Å². The number of aromatic nitrogens is 2. The quantitative estimate of drug-likeness (QED) is 0.592. The van der Waals surface area contributed by atoms with E-state index >= 15 is 0 Å². The molecule has 3 aromatic rings. The molecule has 32 heavy (non-hydrogen) atoms. The van der Waals surface area contributed by atoms with Crippen LogP contribution in [0, 0.1) is 5.82 Å². The van der Waals surface area contributed by atoms with Crippen LogP contribution in [0.25, 0.3) is 11.3 Å². The first kappa shape index (κ1) is 21.3.